The SMILES string of the molecule is C=CC(N)=O.CC(C)O[N+](=O)[O-].CNN.O=C1NC(=O)c2ccccc21. The van der Waals surface area contributed by atoms with Crippen LogP contribution in [-0.2, 0) is 9.63 Å². The lowest BCUT2D eigenvalue weighted by Crippen LogP contribution is -2.19. The molecule has 0 atom stereocenters. The van der Waals surface area contributed by atoms with Gasteiger partial charge in [0.25, 0.3) is 16.9 Å². The first-order valence-electron chi connectivity index (χ1n) is 7.15. The molecule has 0 radical (unpaired) electrons. The van der Waals surface area contributed by atoms with Crippen LogP contribution in [0.3, 0.4) is 0 Å². The quantitative estimate of drug-likeness (QED) is 0.187. The van der Waals surface area contributed by atoms with E-state index in [4.69, 9.17) is 0 Å². The summed E-state index contributed by atoms with van der Waals surface area (Å²) in [6, 6.07) is 6.74. The third kappa shape index (κ3) is 12.2. The minimum Gasteiger partial charge on any atom is -0.366 e. The zero-order valence-corrected chi connectivity index (χ0v) is 14.7. The molecule has 0 aliphatic carbocycles. The number of primary amides is 1. The third-order valence-electron chi connectivity index (χ3n) is 2.14. The van der Waals surface area contributed by atoms with Crippen LogP contribution in [-0.4, -0.2) is 36.0 Å². The molecule has 11 nitrogen and oxygen atoms in total. The van der Waals surface area contributed by atoms with E-state index in [1.54, 1.807) is 45.2 Å². The molecule has 0 bridgehead atoms. The molecule has 1 aromatic carbocycles. The minimum atomic E-state index is -0.801. The molecule has 144 valence electrons. The molecule has 3 amide bonds. The minimum absolute atomic E-state index is 0.300. The zero-order chi connectivity index (χ0) is 20.7. The Morgan fingerprint density at radius 2 is 1.65 bits per heavy atom. The predicted octanol–water partition coefficient (Wildman–Crippen LogP) is -0.0895. The fourth-order valence-electron chi connectivity index (χ4n) is 1.29. The van der Waals surface area contributed by atoms with Crippen LogP contribution >= 0.6 is 0 Å². The summed E-state index contributed by atoms with van der Waals surface area (Å²) >= 11 is 0. The normalized spacial score (nSPS) is 10.5. The van der Waals surface area contributed by atoms with Crippen LogP contribution < -0.4 is 22.3 Å². The Hall–Kier alpha value is -3.31. The van der Waals surface area contributed by atoms with Gasteiger partial charge in [0.2, 0.25) is 5.91 Å². The first-order valence-corrected chi connectivity index (χ1v) is 7.15. The maximum atomic E-state index is 10.9. The molecule has 6 N–H and O–H groups in total. The lowest BCUT2D eigenvalue weighted by atomic mass is 10.1. The number of rotatable bonds is 3. The Bertz CT molecular complexity index is 600. The topological polar surface area (TPSA) is 180 Å². The summed E-state index contributed by atoms with van der Waals surface area (Å²) in [5.74, 6) is 3.52. The number of nitrogens with one attached hydrogen (secondary N) is 2. The molecule has 26 heavy (non-hydrogen) atoms. The summed E-state index contributed by atoms with van der Waals surface area (Å²) < 4.78 is 0. The number of hydrazine groups is 1. The molecular weight excluding hydrogens is 346 g/mol. The van der Waals surface area contributed by atoms with Crippen LogP contribution in [0.2, 0.25) is 0 Å². The highest BCUT2D eigenvalue weighted by atomic mass is 17.0. The summed E-state index contributed by atoms with van der Waals surface area (Å²) in [5, 5.41) is 10.8. The molecule has 1 aromatic rings. The zero-order valence-electron chi connectivity index (χ0n) is 14.7. The number of hydrogen-bond donors (Lipinski definition) is 4. The maximum absolute atomic E-state index is 10.9. The summed E-state index contributed by atoms with van der Waals surface area (Å²) in [4.78, 5) is 44.7. The number of amides is 3. The van der Waals surface area contributed by atoms with Crippen molar-refractivity contribution in [2.75, 3.05) is 7.05 Å². The van der Waals surface area contributed by atoms with Gasteiger partial charge >= 0.3 is 0 Å². The number of imide groups is 1. The van der Waals surface area contributed by atoms with Crippen molar-refractivity contribution >= 4 is 17.7 Å². The van der Waals surface area contributed by atoms with Gasteiger partial charge in [0.05, 0.1) is 11.1 Å². The molecule has 2 rings (SSSR count). The average molecular weight is 369 g/mol. The van der Waals surface area contributed by atoms with Gasteiger partial charge in [0, 0.05) is 0 Å². The summed E-state index contributed by atoms with van der Waals surface area (Å²) in [7, 11) is 1.65. The summed E-state index contributed by atoms with van der Waals surface area (Å²) in [6.07, 6.45) is 0.731. The molecule has 0 unspecified atom stereocenters. The van der Waals surface area contributed by atoms with Crippen molar-refractivity contribution in [2.24, 2.45) is 11.6 Å². The van der Waals surface area contributed by atoms with E-state index in [-0.39, 0.29) is 17.9 Å². The van der Waals surface area contributed by atoms with Crippen molar-refractivity contribution in [3.05, 3.63) is 58.2 Å². The number of fused-ring (bicyclic) bond motifs is 1. The second-order valence-electron chi connectivity index (χ2n) is 4.60. The maximum Gasteiger partial charge on any atom is 0.294 e. The van der Waals surface area contributed by atoms with Crippen LogP contribution in [0.5, 0.6) is 0 Å². The Labute approximate surface area is 150 Å². The summed E-state index contributed by atoms with van der Waals surface area (Å²) in [5.41, 5.74) is 7.72. The molecule has 0 fully saturated rings. The Morgan fingerprint density at radius 3 is 1.85 bits per heavy atom. The van der Waals surface area contributed by atoms with Gasteiger partial charge in [0.1, 0.15) is 6.10 Å². The molecule has 1 aliphatic heterocycles. The second kappa shape index (κ2) is 14.1. The average Bonchev–Trinajstić information content (AvgIpc) is 2.83. The van der Waals surface area contributed by atoms with Gasteiger partial charge in [-0.15, -0.1) is 10.1 Å². The summed E-state index contributed by atoms with van der Waals surface area (Å²) in [6.45, 7) is 6.29. The Morgan fingerprint density at radius 1 is 1.31 bits per heavy atom. The molecule has 1 heterocycles. The van der Waals surface area contributed by atoms with Crippen molar-refractivity contribution in [2.45, 2.75) is 20.0 Å². The number of carbonyl (C=O) groups is 3. The number of nitrogens with two attached hydrogens (primary N) is 2. The van der Waals surface area contributed by atoms with Crippen LogP contribution in [0.4, 0.5) is 0 Å². The first-order chi connectivity index (χ1) is 12.1. The van der Waals surface area contributed by atoms with E-state index in [1.165, 1.54) is 0 Å². The Kier molecular flexibility index (Phi) is 13.5. The van der Waals surface area contributed by atoms with Gasteiger partial charge in [-0.3, -0.25) is 31.0 Å². The van der Waals surface area contributed by atoms with Crippen LogP contribution in [0.1, 0.15) is 34.6 Å². The number of nitrogens with zero attached hydrogens (tertiary/aromatic N) is 1. The van der Waals surface area contributed by atoms with E-state index in [2.05, 4.69) is 33.7 Å². The number of carbonyl (C=O) groups excluding carboxylic acids is 3. The fraction of sp³-hybridized carbons (Fsp3) is 0.267. The van der Waals surface area contributed by atoms with Gasteiger partial charge in [-0.1, -0.05) is 18.7 Å². The molecule has 1 aliphatic rings. The molecule has 0 saturated heterocycles. The van der Waals surface area contributed by atoms with Crippen LogP contribution in [0.25, 0.3) is 0 Å². The van der Waals surface area contributed by atoms with Gasteiger partial charge in [-0.05, 0) is 39.1 Å². The van der Waals surface area contributed by atoms with E-state index in [0.29, 0.717) is 11.1 Å². The molecule has 0 saturated carbocycles. The van der Waals surface area contributed by atoms with Crippen molar-refractivity contribution in [3.8, 4) is 0 Å². The van der Waals surface area contributed by atoms with E-state index >= 15 is 0 Å². The third-order valence-corrected chi connectivity index (χ3v) is 2.14. The lowest BCUT2D eigenvalue weighted by Gasteiger charge is -1.97. The molecule has 0 spiro atoms. The van der Waals surface area contributed by atoms with Crippen molar-refractivity contribution in [3.63, 3.8) is 0 Å². The van der Waals surface area contributed by atoms with Crippen molar-refractivity contribution in [1.29, 1.82) is 0 Å². The van der Waals surface area contributed by atoms with Gasteiger partial charge in [0.15, 0.2) is 0 Å². The second-order valence-corrected chi connectivity index (χ2v) is 4.60. The fourth-order valence-corrected chi connectivity index (χ4v) is 1.29. The first kappa shape index (κ1) is 24.9. The van der Waals surface area contributed by atoms with E-state index < -0.39 is 11.0 Å². The van der Waals surface area contributed by atoms with Gasteiger partial charge in [-0.2, -0.15) is 0 Å². The molecule has 0 aromatic heterocycles. The van der Waals surface area contributed by atoms with Gasteiger partial charge in [-0.25, -0.2) is 0 Å². The largest absolute Gasteiger partial charge is 0.366 e. The lowest BCUT2D eigenvalue weighted by molar-refractivity contribution is -0.766. The smallest absolute Gasteiger partial charge is 0.294 e. The van der Waals surface area contributed by atoms with Crippen molar-refractivity contribution in [1.82, 2.24) is 10.7 Å². The highest BCUT2D eigenvalue weighted by Crippen LogP contribution is 2.13. The standard InChI is InChI=1S/C8H5NO2.C3H7NO3.C3H5NO.CH6N2/c10-7-5-3-1-2-4-6(5)8(11)9-7;1-3(2)7-4(5)6;1-2-3(4)5;1-3-2/h1-4H,(H,9,10,11);3H,1-2H3;2H,1H2,(H2,4,5);3H,2H2,1H3. The van der Waals surface area contributed by atoms with E-state index in [9.17, 15) is 24.5 Å². The monoisotopic (exact) mass is 369 g/mol. The highest BCUT2D eigenvalue weighted by molar-refractivity contribution is 6.21. The van der Waals surface area contributed by atoms with Crippen LogP contribution in [0.15, 0.2) is 36.9 Å². The van der Waals surface area contributed by atoms with Gasteiger partial charge < -0.3 is 10.6 Å². The number of benzene rings is 1. The predicted molar refractivity (Wildman–Crippen MR) is 94.1 cm³/mol. The van der Waals surface area contributed by atoms with E-state index in [0.717, 1.165) is 6.08 Å². The highest BCUT2D eigenvalue weighted by Gasteiger charge is 2.25. The van der Waals surface area contributed by atoms with Crippen LogP contribution in [0, 0.1) is 10.1 Å². The molecular formula is C15H23N5O6. The van der Waals surface area contributed by atoms with E-state index in [1.807, 2.05) is 0 Å². The number of hydrogen-bond acceptors (Lipinski definition) is 8. The Balaban J connectivity index is 0. The molecule has 11 heteroatoms. The van der Waals surface area contributed by atoms with Crippen molar-refractivity contribution < 1.29 is 24.3 Å².